The van der Waals surface area contributed by atoms with E-state index >= 15 is 0 Å². The van der Waals surface area contributed by atoms with E-state index in [9.17, 15) is 9.59 Å². The number of ether oxygens (including phenoxy) is 1. The molecular weight excluding hydrogens is 296 g/mol. The standard InChI is InChI=1S/C14H20N2O4.ClH/c1-10(16(2)9-8-13(17)18)14(19)15-11-4-6-12(20-3)7-5-11;/h4-7,10H,8-9H2,1-3H3,(H,15,19)(H,17,18);1H. The van der Waals surface area contributed by atoms with Crippen molar-refractivity contribution in [3.8, 4) is 5.75 Å². The molecule has 0 bridgehead atoms. The van der Waals surface area contributed by atoms with Gasteiger partial charge in [0.15, 0.2) is 0 Å². The number of nitrogens with zero attached hydrogens (tertiary/aromatic N) is 1. The van der Waals surface area contributed by atoms with Crippen LogP contribution in [0.15, 0.2) is 24.3 Å². The molecule has 1 amide bonds. The van der Waals surface area contributed by atoms with Gasteiger partial charge in [0, 0.05) is 12.2 Å². The molecule has 0 spiro atoms. The molecule has 1 unspecified atom stereocenters. The molecule has 7 heteroatoms. The highest BCUT2D eigenvalue weighted by molar-refractivity contribution is 5.94. The quantitative estimate of drug-likeness (QED) is 0.802. The van der Waals surface area contributed by atoms with Crippen LogP contribution >= 0.6 is 12.4 Å². The van der Waals surface area contributed by atoms with Crippen LogP contribution < -0.4 is 10.1 Å². The van der Waals surface area contributed by atoms with Gasteiger partial charge in [-0.3, -0.25) is 14.5 Å². The average Bonchev–Trinajstić information content (AvgIpc) is 2.44. The molecule has 0 saturated carbocycles. The fraction of sp³-hybridized carbons (Fsp3) is 0.429. The van der Waals surface area contributed by atoms with E-state index in [0.717, 1.165) is 5.75 Å². The number of benzene rings is 1. The maximum Gasteiger partial charge on any atom is 0.304 e. The van der Waals surface area contributed by atoms with E-state index in [0.29, 0.717) is 12.2 Å². The topological polar surface area (TPSA) is 78.9 Å². The van der Waals surface area contributed by atoms with Crippen molar-refractivity contribution in [1.29, 1.82) is 0 Å². The number of aliphatic carboxylic acids is 1. The molecule has 0 saturated heterocycles. The Balaban J connectivity index is 0.00000400. The summed E-state index contributed by atoms with van der Waals surface area (Å²) in [4.78, 5) is 24.2. The molecule has 1 rings (SSSR count). The predicted octanol–water partition coefficient (Wildman–Crippen LogP) is 1.85. The van der Waals surface area contributed by atoms with Gasteiger partial charge in [-0.1, -0.05) is 0 Å². The van der Waals surface area contributed by atoms with E-state index in [1.165, 1.54) is 0 Å². The molecule has 6 nitrogen and oxygen atoms in total. The van der Waals surface area contributed by atoms with Crippen LogP contribution in [0.2, 0.25) is 0 Å². The first kappa shape index (κ1) is 19.2. The molecular formula is C14H21ClN2O4. The lowest BCUT2D eigenvalue weighted by Crippen LogP contribution is -2.40. The number of methoxy groups -OCH3 is 1. The van der Waals surface area contributed by atoms with Crippen LogP contribution in [0.25, 0.3) is 0 Å². The van der Waals surface area contributed by atoms with Crippen LogP contribution in [-0.2, 0) is 9.59 Å². The van der Waals surface area contributed by atoms with Crippen LogP contribution in [0.1, 0.15) is 13.3 Å². The molecule has 118 valence electrons. The monoisotopic (exact) mass is 316 g/mol. The molecule has 0 aromatic heterocycles. The van der Waals surface area contributed by atoms with Crippen molar-refractivity contribution in [2.45, 2.75) is 19.4 Å². The van der Waals surface area contributed by atoms with E-state index in [-0.39, 0.29) is 24.7 Å². The Hall–Kier alpha value is -1.79. The number of carbonyl (C=O) groups excluding carboxylic acids is 1. The van der Waals surface area contributed by atoms with E-state index in [4.69, 9.17) is 9.84 Å². The van der Waals surface area contributed by atoms with Crippen LogP contribution in [0.3, 0.4) is 0 Å². The van der Waals surface area contributed by atoms with Crippen molar-refractivity contribution in [3.05, 3.63) is 24.3 Å². The van der Waals surface area contributed by atoms with Gasteiger partial charge in [0.25, 0.3) is 0 Å². The van der Waals surface area contributed by atoms with Gasteiger partial charge < -0.3 is 15.2 Å². The summed E-state index contributed by atoms with van der Waals surface area (Å²) in [6, 6.07) is 6.61. The van der Waals surface area contributed by atoms with Crippen LogP contribution in [-0.4, -0.2) is 48.6 Å². The Bertz CT molecular complexity index is 465. The first-order valence-corrected chi connectivity index (χ1v) is 6.31. The predicted molar refractivity (Wildman–Crippen MR) is 83.2 cm³/mol. The first-order chi connectivity index (χ1) is 9.43. The number of halogens is 1. The Morgan fingerprint density at radius 2 is 1.90 bits per heavy atom. The van der Waals surface area contributed by atoms with Crippen molar-refractivity contribution in [2.24, 2.45) is 0 Å². The summed E-state index contributed by atoms with van der Waals surface area (Å²) in [6.07, 6.45) is 0.0106. The SMILES string of the molecule is COc1ccc(NC(=O)C(C)N(C)CCC(=O)O)cc1.Cl. The minimum atomic E-state index is -0.875. The second kappa shape index (κ2) is 9.20. The second-order valence-electron chi connectivity index (χ2n) is 4.52. The van der Waals surface area contributed by atoms with E-state index < -0.39 is 12.0 Å². The third-order valence-electron chi connectivity index (χ3n) is 3.08. The summed E-state index contributed by atoms with van der Waals surface area (Å²) in [7, 11) is 3.30. The summed E-state index contributed by atoms with van der Waals surface area (Å²) >= 11 is 0. The fourth-order valence-electron chi connectivity index (χ4n) is 1.59. The van der Waals surface area contributed by atoms with Gasteiger partial charge in [-0.2, -0.15) is 0 Å². The van der Waals surface area contributed by atoms with Crippen LogP contribution in [0.4, 0.5) is 5.69 Å². The fourth-order valence-corrected chi connectivity index (χ4v) is 1.59. The summed E-state index contributed by atoms with van der Waals surface area (Å²) < 4.78 is 5.04. The number of carboxylic acids is 1. The molecule has 1 aromatic rings. The number of hydrogen-bond donors (Lipinski definition) is 2. The molecule has 0 fully saturated rings. The number of anilines is 1. The van der Waals surface area contributed by atoms with Gasteiger partial charge in [-0.15, -0.1) is 12.4 Å². The lowest BCUT2D eigenvalue weighted by molar-refractivity contribution is -0.137. The lowest BCUT2D eigenvalue weighted by atomic mass is 10.2. The number of rotatable bonds is 7. The van der Waals surface area contributed by atoms with Crippen LogP contribution in [0.5, 0.6) is 5.75 Å². The molecule has 0 aliphatic carbocycles. The second-order valence-corrected chi connectivity index (χ2v) is 4.52. The lowest BCUT2D eigenvalue weighted by Gasteiger charge is -2.23. The zero-order valence-electron chi connectivity index (χ0n) is 12.3. The van der Waals surface area contributed by atoms with Crippen LogP contribution in [0, 0.1) is 0 Å². The Labute approximate surface area is 130 Å². The number of carbonyl (C=O) groups is 2. The zero-order chi connectivity index (χ0) is 15.1. The minimum absolute atomic E-state index is 0. The largest absolute Gasteiger partial charge is 0.497 e. The highest BCUT2D eigenvalue weighted by Gasteiger charge is 2.18. The number of hydrogen-bond acceptors (Lipinski definition) is 4. The van der Waals surface area contributed by atoms with Crippen molar-refractivity contribution < 1.29 is 19.4 Å². The average molecular weight is 317 g/mol. The van der Waals surface area contributed by atoms with Crippen molar-refractivity contribution in [1.82, 2.24) is 4.90 Å². The maximum atomic E-state index is 12.0. The number of carboxylic acid groups (broad SMARTS) is 1. The van der Waals surface area contributed by atoms with Gasteiger partial charge in [-0.05, 0) is 38.2 Å². The van der Waals surface area contributed by atoms with Gasteiger partial charge in [0.2, 0.25) is 5.91 Å². The normalized spacial score (nSPS) is 11.4. The summed E-state index contributed by atoms with van der Waals surface area (Å²) in [5.74, 6) is -0.336. The summed E-state index contributed by atoms with van der Waals surface area (Å²) in [5.41, 5.74) is 0.675. The Kier molecular flexibility index (Phi) is 8.42. The number of nitrogens with one attached hydrogen (secondary N) is 1. The van der Waals surface area contributed by atoms with E-state index in [1.54, 1.807) is 50.2 Å². The van der Waals surface area contributed by atoms with Gasteiger partial charge in [0.05, 0.1) is 19.6 Å². The van der Waals surface area contributed by atoms with E-state index in [1.807, 2.05) is 0 Å². The van der Waals surface area contributed by atoms with Crippen molar-refractivity contribution in [2.75, 3.05) is 26.0 Å². The molecule has 0 heterocycles. The van der Waals surface area contributed by atoms with Crippen molar-refractivity contribution in [3.63, 3.8) is 0 Å². The number of likely N-dealkylation sites (N-methyl/N-ethyl adjacent to an activating group) is 1. The first-order valence-electron chi connectivity index (χ1n) is 6.31. The molecule has 1 atom stereocenters. The molecule has 1 aromatic carbocycles. The highest BCUT2D eigenvalue weighted by Crippen LogP contribution is 2.15. The van der Waals surface area contributed by atoms with Crippen molar-refractivity contribution >= 4 is 30.0 Å². The smallest absolute Gasteiger partial charge is 0.304 e. The number of amides is 1. The molecule has 0 aliphatic rings. The minimum Gasteiger partial charge on any atom is -0.497 e. The molecule has 21 heavy (non-hydrogen) atoms. The van der Waals surface area contributed by atoms with Gasteiger partial charge >= 0.3 is 5.97 Å². The molecule has 0 radical (unpaired) electrons. The maximum absolute atomic E-state index is 12.0. The Morgan fingerprint density at radius 1 is 1.33 bits per heavy atom. The van der Waals surface area contributed by atoms with Gasteiger partial charge in [-0.25, -0.2) is 0 Å². The van der Waals surface area contributed by atoms with E-state index in [2.05, 4.69) is 5.32 Å². The third-order valence-corrected chi connectivity index (χ3v) is 3.08. The third kappa shape index (κ3) is 6.46. The molecule has 2 N–H and O–H groups in total. The zero-order valence-corrected chi connectivity index (χ0v) is 13.1. The summed E-state index contributed by atoms with van der Waals surface area (Å²) in [6.45, 7) is 2.06. The van der Waals surface area contributed by atoms with Gasteiger partial charge in [0.1, 0.15) is 5.75 Å². The molecule has 0 aliphatic heterocycles. The highest BCUT2D eigenvalue weighted by atomic mass is 35.5. The summed E-state index contributed by atoms with van der Waals surface area (Å²) in [5, 5.41) is 11.4. The Morgan fingerprint density at radius 3 is 2.38 bits per heavy atom.